The summed E-state index contributed by atoms with van der Waals surface area (Å²) in [5.41, 5.74) is 2.76. The van der Waals surface area contributed by atoms with Gasteiger partial charge in [0.1, 0.15) is 0 Å². The van der Waals surface area contributed by atoms with Gasteiger partial charge in [-0.05, 0) is 62.0 Å². The molecule has 128 valence electrons. The third kappa shape index (κ3) is 2.35. The summed E-state index contributed by atoms with van der Waals surface area (Å²) in [5.74, 6) is 1.89. The lowest BCUT2D eigenvalue weighted by Crippen LogP contribution is -2.51. The van der Waals surface area contributed by atoms with Crippen LogP contribution in [-0.2, 0) is 14.3 Å². The summed E-state index contributed by atoms with van der Waals surface area (Å²) in [6, 6.07) is 0. The molecule has 3 aliphatic rings. The SMILES string of the molecule is COC(=O)[C@@]1(C)CCC[C@]2(C)C3=C(CC[C@@H]12)C[C@@H](C)C(OC)=C3. The molecule has 3 aliphatic carbocycles. The van der Waals surface area contributed by atoms with E-state index in [9.17, 15) is 4.79 Å². The first-order valence-corrected chi connectivity index (χ1v) is 8.93. The third-order valence-corrected chi connectivity index (χ3v) is 6.87. The number of methoxy groups -OCH3 is 2. The highest BCUT2D eigenvalue weighted by molar-refractivity contribution is 5.77. The first kappa shape index (κ1) is 16.6. The number of allylic oxidation sites excluding steroid dienone is 4. The van der Waals surface area contributed by atoms with Crippen LogP contribution in [0.25, 0.3) is 0 Å². The van der Waals surface area contributed by atoms with Gasteiger partial charge in [-0.15, -0.1) is 0 Å². The molecule has 3 heteroatoms. The van der Waals surface area contributed by atoms with Crippen LogP contribution in [0.2, 0.25) is 0 Å². The van der Waals surface area contributed by atoms with E-state index in [1.807, 2.05) is 0 Å². The number of ether oxygens (including phenoxy) is 2. The number of esters is 1. The van der Waals surface area contributed by atoms with Crippen LogP contribution in [0.4, 0.5) is 0 Å². The van der Waals surface area contributed by atoms with Gasteiger partial charge in [0.15, 0.2) is 0 Å². The van der Waals surface area contributed by atoms with E-state index in [1.165, 1.54) is 12.7 Å². The Morgan fingerprint density at radius 1 is 1.26 bits per heavy atom. The van der Waals surface area contributed by atoms with Gasteiger partial charge >= 0.3 is 5.97 Å². The molecular weight excluding hydrogens is 288 g/mol. The standard InChI is InChI=1S/C20H30O3/c1-13-11-14-7-8-17-19(2,15(14)12-16(13)22-4)9-6-10-20(17,3)18(21)23-5/h12-13,17H,6-11H2,1-5H3/t13-,17-,19-,20+/m1/s1. The highest BCUT2D eigenvalue weighted by Crippen LogP contribution is 2.61. The van der Waals surface area contributed by atoms with E-state index >= 15 is 0 Å². The maximum Gasteiger partial charge on any atom is 0.311 e. The minimum Gasteiger partial charge on any atom is -0.501 e. The number of rotatable bonds is 2. The van der Waals surface area contributed by atoms with Crippen LogP contribution in [0.1, 0.15) is 59.3 Å². The van der Waals surface area contributed by atoms with Crippen LogP contribution in [0.5, 0.6) is 0 Å². The predicted molar refractivity (Wildman–Crippen MR) is 90.7 cm³/mol. The maximum absolute atomic E-state index is 12.5. The van der Waals surface area contributed by atoms with Gasteiger partial charge in [-0.25, -0.2) is 0 Å². The molecule has 23 heavy (non-hydrogen) atoms. The van der Waals surface area contributed by atoms with Crippen LogP contribution in [0.15, 0.2) is 23.0 Å². The molecule has 0 aromatic rings. The molecule has 0 unspecified atom stereocenters. The predicted octanol–water partition coefficient (Wildman–Crippen LogP) is 4.63. The lowest BCUT2D eigenvalue weighted by molar-refractivity contribution is -0.162. The molecule has 1 fully saturated rings. The van der Waals surface area contributed by atoms with Gasteiger partial charge in [0.05, 0.1) is 25.4 Å². The molecule has 0 radical (unpaired) electrons. The summed E-state index contributed by atoms with van der Waals surface area (Å²) >= 11 is 0. The molecule has 0 saturated heterocycles. The molecule has 3 nitrogen and oxygen atoms in total. The van der Waals surface area contributed by atoms with Crippen molar-refractivity contribution in [1.29, 1.82) is 0 Å². The summed E-state index contributed by atoms with van der Waals surface area (Å²) in [6.07, 6.45) is 8.79. The molecule has 4 atom stereocenters. The lowest BCUT2D eigenvalue weighted by atomic mass is 9.49. The molecular formula is C20H30O3. The number of hydrogen-bond donors (Lipinski definition) is 0. The minimum absolute atomic E-state index is 0.0300. The fourth-order valence-electron chi connectivity index (χ4n) is 5.66. The van der Waals surface area contributed by atoms with E-state index < -0.39 is 0 Å². The van der Waals surface area contributed by atoms with Gasteiger partial charge in [-0.3, -0.25) is 4.79 Å². The van der Waals surface area contributed by atoms with Crippen molar-refractivity contribution in [2.24, 2.45) is 22.7 Å². The fraction of sp³-hybridized carbons (Fsp3) is 0.750. The van der Waals surface area contributed by atoms with Crippen LogP contribution < -0.4 is 0 Å². The second-order valence-electron chi connectivity index (χ2n) is 8.14. The van der Waals surface area contributed by atoms with E-state index in [2.05, 4.69) is 26.8 Å². The number of carbonyl (C=O) groups is 1. The Labute approximate surface area is 140 Å². The molecule has 3 rings (SSSR count). The summed E-state index contributed by atoms with van der Waals surface area (Å²) in [7, 11) is 3.30. The maximum atomic E-state index is 12.5. The van der Waals surface area contributed by atoms with Crippen molar-refractivity contribution in [3.05, 3.63) is 23.0 Å². The molecule has 1 saturated carbocycles. The van der Waals surface area contributed by atoms with Gasteiger partial charge in [-0.2, -0.15) is 0 Å². The molecule has 0 N–H and O–H groups in total. The van der Waals surface area contributed by atoms with Gasteiger partial charge in [0.2, 0.25) is 0 Å². The summed E-state index contributed by atoms with van der Waals surface area (Å²) in [4.78, 5) is 12.5. The van der Waals surface area contributed by atoms with Crippen molar-refractivity contribution in [3.8, 4) is 0 Å². The molecule has 0 amide bonds. The first-order valence-electron chi connectivity index (χ1n) is 8.93. The van der Waals surface area contributed by atoms with E-state index in [0.717, 1.165) is 44.3 Å². The fourth-order valence-corrected chi connectivity index (χ4v) is 5.66. The quantitative estimate of drug-likeness (QED) is 0.696. The molecule has 0 bridgehead atoms. The molecule has 0 heterocycles. The van der Waals surface area contributed by atoms with Gasteiger partial charge < -0.3 is 9.47 Å². The van der Waals surface area contributed by atoms with Crippen LogP contribution >= 0.6 is 0 Å². The van der Waals surface area contributed by atoms with Crippen LogP contribution in [0.3, 0.4) is 0 Å². The van der Waals surface area contributed by atoms with Crippen molar-refractivity contribution >= 4 is 5.97 Å². The monoisotopic (exact) mass is 318 g/mol. The van der Waals surface area contributed by atoms with E-state index in [-0.39, 0.29) is 16.8 Å². The Balaban J connectivity index is 2.05. The zero-order valence-electron chi connectivity index (χ0n) is 15.2. The largest absolute Gasteiger partial charge is 0.501 e. The highest BCUT2D eigenvalue weighted by atomic mass is 16.5. The minimum atomic E-state index is -0.357. The average molecular weight is 318 g/mol. The number of carbonyl (C=O) groups excluding carboxylic acids is 1. The molecule has 0 spiro atoms. The molecule has 0 aliphatic heterocycles. The van der Waals surface area contributed by atoms with E-state index in [4.69, 9.17) is 9.47 Å². The molecule has 0 aromatic carbocycles. The molecule has 0 aromatic heterocycles. The van der Waals surface area contributed by atoms with Crippen molar-refractivity contribution < 1.29 is 14.3 Å². The van der Waals surface area contributed by atoms with E-state index in [1.54, 1.807) is 12.7 Å². The lowest BCUT2D eigenvalue weighted by Gasteiger charge is -2.55. The van der Waals surface area contributed by atoms with Crippen molar-refractivity contribution in [2.45, 2.75) is 59.3 Å². The second-order valence-corrected chi connectivity index (χ2v) is 8.14. The summed E-state index contributed by atoms with van der Waals surface area (Å²) in [5, 5.41) is 0. The van der Waals surface area contributed by atoms with Crippen LogP contribution in [0, 0.1) is 22.7 Å². The number of fused-ring (bicyclic) bond motifs is 2. The third-order valence-electron chi connectivity index (χ3n) is 6.87. The first-order chi connectivity index (χ1) is 10.9. The van der Waals surface area contributed by atoms with Gasteiger partial charge in [0, 0.05) is 5.92 Å². The van der Waals surface area contributed by atoms with Crippen molar-refractivity contribution in [1.82, 2.24) is 0 Å². The van der Waals surface area contributed by atoms with E-state index in [0.29, 0.717) is 11.8 Å². The zero-order chi connectivity index (χ0) is 16.8. The second kappa shape index (κ2) is 5.68. The Morgan fingerprint density at radius 2 is 2.00 bits per heavy atom. The van der Waals surface area contributed by atoms with Crippen molar-refractivity contribution in [3.63, 3.8) is 0 Å². The number of hydrogen-bond acceptors (Lipinski definition) is 3. The van der Waals surface area contributed by atoms with Gasteiger partial charge in [0.25, 0.3) is 0 Å². The van der Waals surface area contributed by atoms with Crippen molar-refractivity contribution in [2.75, 3.05) is 14.2 Å². The smallest absolute Gasteiger partial charge is 0.311 e. The average Bonchev–Trinajstić information content (AvgIpc) is 2.53. The Kier molecular flexibility index (Phi) is 4.10. The zero-order valence-corrected chi connectivity index (χ0v) is 15.2. The topological polar surface area (TPSA) is 35.5 Å². The Bertz CT molecular complexity index is 573. The Morgan fingerprint density at radius 3 is 2.65 bits per heavy atom. The highest BCUT2D eigenvalue weighted by Gasteiger charge is 2.56. The van der Waals surface area contributed by atoms with Gasteiger partial charge in [-0.1, -0.05) is 25.8 Å². The van der Waals surface area contributed by atoms with Crippen LogP contribution in [-0.4, -0.2) is 20.2 Å². The summed E-state index contributed by atoms with van der Waals surface area (Å²) < 4.78 is 10.8. The Hall–Kier alpha value is -1.25. The normalized spacial score (nSPS) is 40.0. The summed E-state index contributed by atoms with van der Waals surface area (Å²) in [6.45, 7) is 6.73.